The molecule has 0 bridgehead atoms. The third-order valence-corrected chi connectivity index (χ3v) is 5.54. The van der Waals surface area contributed by atoms with E-state index in [1.807, 2.05) is 49.6 Å². The van der Waals surface area contributed by atoms with Crippen LogP contribution >= 0.6 is 0 Å². The summed E-state index contributed by atoms with van der Waals surface area (Å²) in [5.41, 5.74) is -0.185. The second-order valence-corrected chi connectivity index (χ2v) is 8.22. The van der Waals surface area contributed by atoms with Gasteiger partial charge in [0, 0.05) is 57.0 Å². The molecule has 144 valence electrons. The second kappa shape index (κ2) is 7.43. The van der Waals surface area contributed by atoms with Gasteiger partial charge < -0.3 is 14.2 Å². The van der Waals surface area contributed by atoms with Gasteiger partial charge in [0.1, 0.15) is 11.5 Å². The zero-order chi connectivity index (χ0) is 18.9. The predicted molar refractivity (Wildman–Crippen MR) is 99.4 cm³/mol. The van der Waals surface area contributed by atoms with Gasteiger partial charge in [-0.05, 0) is 26.0 Å². The Morgan fingerprint density at radius 3 is 2.58 bits per heavy atom. The molecule has 1 aromatic heterocycles. The highest BCUT2D eigenvalue weighted by Crippen LogP contribution is 2.35. The molecule has 0 radical (unpaired) electrons. The molecule has 1 atom stereocenters. The normalized spacial score (nSPS) is 24.7. The number of hydrogen-bond acceptors (Lipinski definition) is 4. The first kappa shape index (κ1) is 19.0. The van der Waals surface area contributed by atoms with Crippen molar-refractivity contribution in [3.05, 3.63) is 23.7 Å². The van der Waals surface area contributed by atoms with Crippen molar-refractivity contribution in [2.45, 2.75) is 40.7 Å². The van der Waals surface area contributed by atoms with E-state index in [0.29, 0.717) is 19.5 Å². The van der Waals surface area contributed by atoms with Gasteiger partial charge in [-0.1, -0.05) is 13.8 Å². The van der Waals surface area contributed by atoms with Gasteiger partial charge in [-0.15, -0.1) is 0 Å². The Kier molecular flexibility index (Phi) is 5.42. The molecule has 1 spiro atoms. The highest BCUT2D eigenvalue weighted by atomic mass is 16.3. The van der Waals surface area contributed by atoms with E-state index >= 15 is 0 Å². The molecule has 0 aliphatic carbocycles. The van der Waals surface area contributed by atoms with E-state index in [1.54, 1.807) is 0 Å². The molecule has 0 aromatic carbocycles. The summed E-state index contributed by atoms with van der Waals surface area (Å²) in [6.45, 7) is 13.0. The summed E-state index contributed by atoms with van der Waals surface area (Å²) >= 11 is 0. The number of nitrogens with zero attached hydrogens (tertiary/aromatic N) is 3. The SMILES string of the molecule is CCN1C[C@@]2(CC1=O)CN(Cc1ccc(C)o1)CCN(C(=O)C(C)C)C2. The maximum atomic E-state index is 12.7. The molecule has 2 fully saturated rings. The number of hydrogen-bond donors (Lipinski definition) is 0. The maximum Gasteiger partial charge on any atom is 0.225 e. The number of aryl methyl sites for hydroxylation is 1. The van der Waals surface area contributed by atoms with E-state index in [-0.39, 0.29) is 23.1 Å². The summed E-state index contributed by atoms with van der Waals surface area (Å²) in [5, 5.41) is 0. The molecular weight excluding hydrogens is 330 g/mol. The van der Waals surface area contributed by atoms with Crippen LogP contribution < -0.4 is 0 Å². The molecule has 1 aromatic rings. The summed E-state index contributed by atoms with van der Waals surface area (Å²) in [5.74, 6) is 2.22. The Labute approximate surface area is 156 Å². The Morgan fingerprint density at radius 1 is 1.23 bits per heavy atom. The van der Waals surface area contributed by atoms with E-state index in [0.717, 1.165) is 44.2 Å². The minimum atomic E-state index is -0.185. The van der Waals surface area contributed by atoms with Gasteiger partial charge in [-0.25, -0.2) is 0 Å². The Bertz CT molecular complexity index is 669. The molecule has 0 saturated carbocycles. The fraction of sp³-hybridized carbons (Fsp3) is 0.700. The van der Waals surface area contributed by atoms with Gasteiger partial charge in [0.05, 0.1) is 6.54 Å². The van der Waals surface area contributed by atoms with E-state index in [9.17, 15) is 9.59 Å². The zero-order valence-corrected chi connectivity index (χ0v) is 16.5. The maximum absolute atomic E-state index is 12.7. The largest absolute Gasteiger partial charge is 0.465 e. The van der Waals surface area contributed by atoms with E-state index in [2.05, 4.69) is 4.90 Å². The molecule has 3 heterocycles. The average molecular weight is 361 g/mol. The van der Waals surface area contributed by atoms with Crippen molar-refractivity contribution in [1.29, 1.82) is 0 Å². The lowest BCUT2D eigenvalue weighted by Crippen LogP contribution is -2.45. The molecule has 6 nitrogen and oxygen atoms in total. The van der Waals surface area contributed by atoms with Crippen molar-refractivity contribution in [3.8, 4) is 0 Å². The molecule has 2 aliphatic heterocycles. The van der Waals surface area contributed by atoms with Crippen molar-refractivity contribution in [1.82, 2.24) is 14.7 Å². The number of rotatable bonds is 4. The highest BCUT2D eigenvalue weighted by molar-refractivity contribution is 5.81. The van der Waals surface area contributed by atoms with E-state index < -0.39 is 0 Å². The van der Waals surface area contributed by atoms with Gasteiger partial charge >= 0.3 is 0 Å². The monoisotopic (exact) mass is 361 g/mol. The summed E-state index contributed by atoms with van der Waals surface area (Å²) in [7, 11) is 0. The quantitative estimate of drug-likeness (QED) is 0.824. The van der Waals surface area contributed by atoms with Gasteiger partial charge in [-0.2, -0.15) is 0 Å². The summed E-state index contributed by atoms with van der Waals surface area (Å²) in [6, 6.07) is 4.00. The van der Waals surface area contributed by atoms with Crippen molar-refractivity contribution in [2.75, 3.05) is 39.3 Å². The number of carbonyl (C=O) groups is 2. The molecule has 2 amide bonds. The minimum absolute atomic E-state index is 0.0225. The average Bonchev–Trinajstić information content (AvgIpc) is 3.07. The van der Waals surface area contributed by atoms with Crippen molar-refractivity contribution < 1.29 is 14.0 Å². The predicted octanol–water partition coefficient (Wildman–Crippen LogP) is 2.13. The standard InChI is InChI=1S/C20H31N3O3/c1-5-22-13-20(10-18(22)24)12-21(11-17-7-6-16(4)26-17)8-9-23(14-20)19(25)15(2)3/h6-7,15H,5,8-14H2,1-4H3/t20-/m1/s1. The minimum Gasteiger partial charge on any atom is -0.465 e. The fourth-order valence-corrected chi connectivity index (χ4v) is 4.31. The van der Waals surface area contributed by atoms with Crippen LogP contribution in [0.2, 0.25) is 0 Å². The van der Waals surface area contributed by atoms with Crippen LogP contribution in [0.25, 0.3) is 0 Å². The molecule has 2 aliphatic rings. The summed E-state index contributed by atoms with van der Waals surface area (Å²) < 4.78 is 5.75. The highest BCUT2D eigenvalue weighted by Gasteiger charge is 2.46. The number of furan rings is 1. The Morgan fingerprint density at radius 2 is 2.00 bits per heavy atom. The van der Waals surface area contributed by atoms with E-state index in [4.69, 9.17) is 4.42 Å². The van der Waals surface area contributed by atoms with Gasteiger partial charge in [0.25, 0.3) is 0 Å². The first-order valence-corrected chi connectivity index (χ1v) is 9.66. The number of carbonyl (C=O) groups excluding carboxylic acids is 2. The smallest absolute Gasteiger partial charge is 0.225 e. The Hall–Kier alpha value is -1.82. The lowest BCUT2D eigenvalue weighted by molar-refractivity contribution is -0.135. The van der Waals surface area contributed by atoms with Crippen LogP contribution in [0.1, 0.15) is 38.7 Å². The van der Waals surface area contributed by atoms with Crippen LogP contribution in [-0.2, 0) is 16.1 Å². The van der Waals surface area contributed by atoms with Crippen LogP contribution in [0, 0.1) is 18.3 Å². The first-order chi connectivity index (χ1) is 12.3. The fourth-order valence-electron chi connectivity index (χ4n) is 4.31. The molecule has 26 heavy (non-hydrogen) atoms. The van der Waals surface area contributed by atoms with Gasteiger partial charge in [0.15, 0.2) is 0 Å². The van der Waals surface area contributed by atoms with Crippen molar-refractivity contribution in [3.63, 3.8) is 0 Å². The van der Waals surface area contributed by atoms with E-state index in [1.165, 1.54) is 0 Å². The lowest BCUT2D eigenvalue weighted by atomic mass is 9.85. The molecule has 6 heteroatoms. The topological polar surface area (TPSA) is 57.0 Å². The molecule has 3 rings (SSSR count). The Balaban J connectivity index is 1.82. The van der Waals surface area contributed by atoms with Gasteiger partial charge in [-0.3, -0.25) is 14.5 Å². The van der Waals surface area contributed by atoms with Crippen LogP contribution in [0.3, 0.4) is 0 Å². The van der Waals surface area contributed by atoms with Crippen LogP contribution in [-0.4, -0.2) is 65.8 Å². The number of amides is 2. The van der Waals surface area contributed by atoms with Crippen LogP contribution in [0.5, 0.6) is 0 Å². The zero-order valence-electron chi connectivity index (χ0n) is 16.5. The molecule has 0 unspecified atom stereocenters. The summed E-state index contributed by atoms with van der Waals surface area (Å²) in [4.78, 5) is 31.4. The molecule has 0 N–H and O–H groups in total. The summed E-state index contributed by atoms with van der Waals surface area (Å²) in [6.07, 6.45) is 0.524. The molecule has 2 saturated heterocycles. The van der Waals surface area contributed by atoms with Crippen molar-refractivity contribution >= 4 is 11.8 Å². The van der Waals surface area contributed by atoms with Gasteiger partial charge in [0.2, 0.25) is 11.8 Å². The number of likely N-dealkylation sites (tertiary alicyclic amines) is 1. The third-order valence-electron chi connectivity index (χ3n) is 5.54. The molecular formula is C20H31N3O3. The lowest BCUT2D eigenvalue weighted by Gasteiger charge is -2.34. The van der Waals surface area contributed by atoms with Crippen LogP contribution in [0.4, 0.5) is 0 Å². The second-order valence-electron chi connectivity index (χ2n) is 8.22. The van der Waals surface area contributed by atoms with Crippen molar-refractivity contribution in [2.24, 2.45) is 11.3 Å². The van der Waals surface area contributed by atoms with Crippen LogP contribution in [0.15, 0.2) is 16.5 Å². The third kappa shape index (κ3) is 3.95. The first-order valence-electron chi connectivity index (χ1n) is 9.66.